The minimum Gasteiger partial charge on any atom is -0.454 e. The molecule has 2 amide bonds. The molecule has 6 rings (SSSR count). The maximum atomic E-state index is 14.3. The number of amides is 2. The van der Waals surface area contributed by atoms with Crippen LogP contribution in [0, 0.1) is 11.3 Å². The largest absolute Gasteiger partial charge is 0.454 e. The molecule has 0 saturated carbocycles. The molecule has 200 valence electrons. The second-order valence-electron chi connectivity index (χ2n) is 9.45. The van der Waals surface area contributed by atoms with Gasteiger partial charge in [-0.2, -0.15) is 24.1 Å². The number of imidazole rings is 1. The van der Waals surface area contributed by atoms with E-state index in [4.69, 9.17) is 4.74 Å². The molecule has 12 nitrogen and oxygen atoms in total. The van der Waals surface area contributed by atoms with Crippen LogP contribution in [0.2, 0.25) is 0 Å². The number of pyridine rings is 2. The zero-order valence-electron chi connectivity index (χ0n) is 21.0. The summed E-state index contributed by atoms with van der Waals surface area (Å²) < 4.78 is 37.4. The van der Waals surface area contributed by atoms with Gasteiger partial charge in [0.1, 0.15) is 34.4 Å². The second-order valence-corrected chi connectivity index (χ2v) is 9.45. The van der Waals surface area contributed by atoms with Crippen LogP contribution in [0.1, 0.15) is 36.9 Å². The van der Waals surface area contributed by atoms with Crippen LogP contribution in [0.5, 0.6) is 11.5 Å². The molecular weight excluding hydrogens is 510 g/mol. The number of nitriles is 1. The third-order valence-electron chi connectivity index (χ3n) is 6.82. The molecule has 4 aromatic heterocycles. The van der Waals surface area contributed by atoms with Crippen LogP contribution in [-0.2, 0) is 19.5 Å². The average molecular weight is 535 g/mol. The zero-order chi connectivity index (χ0) is 27.1. The summed E-state index contributed by atoms with van der Waals surface area (Å²) >= 11 is 0. The SMILES string of the molecule is Cn1c(Nc2cc3n(n2)CCCC3(F)F)nc2ncc(Oc3ccnc(NC(=O)N4CCCC4)c3)c(C#N)c21. The number of hydrogen-bond donors (Lipinski definition) is 2. The van der Waals surface area contributed by atoms with Gasteiger partial charge in [0.2, 0.25) is 5.95 Å². The van der Waals surface area contributed by atoms with Gasteiger partial charge in [-0.05, 0) is 25.3 Å². The van der Waals surface area contributed by atoms with Crippen molar-refractivity contribution in [3.63, 3.8) is 0 Å². The summed E-state index contributed by atoms with van der Waals surface area (Å²) in [5, 5.41) is 20.0. The van der Waals surface area contributed by atoms with E-state index >= 15 is 0 Å². The lowest BCUT2D eigenvalue weighted by atomic mass is 10.1. The van der Waals surface area contributed by atoms with Crippen molar-refractivity contribution in [1.82, 2.24) is 34.2 Å². The number of ether oxygens (including phenoxy) is 1. The first-order valence-electron chi connectivity index (χ1n) is 12.5. The van der Waals surface area contributed by atoms with Crippen LogP contribution in [0.4, 0.5) is 31.2 Å². The molecule has 0 atom stereocenters. The summed E-state index contributed by atoms with van der Waals surface area (Å²) in [6.45, 7) is 1.82. The first kappa shape index (κ1) is 24.5. The molecule has 1 fully saturated rings. The van der Waals surface area contributed by atoms with Gasteiger partial charge in [0.15, 0.2) is 17.2 Å². The number of nitrogens with one attached hydrogen (secondary N) is 2. The van der Waals surface area contributed by atoms with Gasteiger partial charge < -0.3 is 19.5 Å². The Labute approximate surface area is 221 Å². The summed E-state index contributed by atoms with van der Waals surface area (Å²) in [7, 11) is 1.67. The van der Waals surface area contributed by atoms with Crippen molar-refractivity contribution in [1.29, 1.82) is 5.26 Å². The third-order valence-corrected chi connectivity index (χ3v) is 6.82. The van der Waals surface area contributed by atoms with Gasteiger partial charge in [-0.25, -0.2) is 14.8 Å². The molecule has 4 aromatic rings. The number of aromatic nitrogens is 6. The van der Waals surface area contributed by atoms with E-state index in [1.165, 1.54) is 23.1 Å². The highest BCUT2D eigenvalue weighted by atomic mass is 19.3. The Kier molecular flexibility index (Phi) is 5.97. The first-order valence-corrected chi connectivity index (χ1v) is 12.5. The molecular formula is C25H24F2N10O2. The first-order chi connectivity index (χ1) is 18.8. The molecule has 0 radical (unpaired) electrons. The fourth-order valence-corrected chi connectivity index (χ4v) is 4.87. The van der Waals surface area contributed by atoms with Crippen LogP contribution in [0.3, 0.4) is 0 Å². The lowest BCUT2D eigenvalue weighted by Gasteiger charge is -2.22. The molecule has 14 heteroatoms. The van der Waals surface area contributed by atoms with Crippen molar-refractivity contribution in [2.75, 3.05) is 23.7 Å². The highest BCUT2D eigenvalue weighted by Crippen LogP contribution is 2.38. The lowest BCUT2D eigenvalue weighted by molar-refractivity contribution is -0.0364. The second kappa shape index (κ2) is 9.50. The molecule has 1 saturated heterocycles. The molecule has 0 spiro atoms. The Balaban J connectivity index is 1.26. The Morgan fingerprint density at radius 2 is 1.97 bits per heavy atom. The highest BCUT2D eigenvalue weighted by Gasteiger charge is 2.38. The number of likely N-dealkylation sites (tertiary alicyclic amines) is 1. The number of fused-ring (bicyclic) bond motifs is 2. The van der Waals surface area contributed by atoms with Crippen molar-refractivity contribution in [3.05, 3.63) is 41.9 Å². The number of hydrogen-bond acceptors (Lipinski definition) is 8. The van der Waals surface area contributed by atoms with E-state index < -0.39 is 5.92 Å². The molecule has 2 aliphatic heterocycles. The van der Waals surface area contributed by atoms with E-state index in [9.17, 15) is 18.8 Å². The highest BCUT2D eigenvalue weighted by molar-refractivity contribution is 5.88. The minimum atomic E-state index is -2.94. The lowest BCUT2D eigenvalue weighted by Crippen LogP contribution is -2.32. The number of aryl methyl sites for hydroxylation is 2. The van der Waals surface area contributed by atoms with Gasteiger partial charge in [-0.3, -0.25) is 10.00 Å². The van der Waals surface area contributed by atoms with Crippen molar-refractivity contribution >= 4 is 34.8 Å². The number of halogens is 2. The van der Waals surface area contributed by atoms with Crippen LogP contribution in [0.25, 0.3) is 11.2 Å². The van der Waals surface area contributed by atoms with E-state index in [0.29, 0.717) is 43.1 Å². The Hall–Kier alpha value is -4.80. The van der Waals surface area contributed by atoms with Crippen molar-refractivity contribution in [3.8, 4) is 17.6 Å². The van der Waals surface area contributed by atoms with E-state index in [-0.39, 0.29) is 46.9 Å². The van der Waals surface area contributed by atoms with Crippen molar-refractivity contribution in [2.45, 2.75) is 38.2 Å². The van der Waals surface area contributed by atoms with Gasteiger partial charge in [0, 0.05) is 51.4 Å². The normalized spacial score (nSPS) is 16.1. The van der Waals surface area contributed by atoms with Crippen LogP contribution >= 0.6 is 0 Å². The predicted molar refractivity (Wildman–Crippen MR) is 136 cm³/mol. The molecule has 0 aromatic carbocycles. The zero-order valence-corrected chi connectivity index (χ0v) is 21.0. The van der Waals surface area contributed by atoms with E-state index in [2.05, 4.69) is 36.8 Å². The van der Waals surface area contributed by atoms with Crippen molar-refractivity contribution < 1.29 is 18.3 Å². The molecule has 0 aliphatic carbocycles. The van der Waals surface area contributed by atoms with Gasteiger partial charge in [-0.15, -0.1) is 0 Å². The Morgan fingerprint density at radius 3 is 2.74 bits per heavy atom. The summed E-state index contributed by atoms with van der Waals surface area (Å²) in [5.41, 5.74) is 0.697. The maximum Gasteiger partial charge on any atom is 0.323 e. The molecule has 2 N–H and O–H groups in total. The van der Waals surface area contributed by atoms with E-state index in [1.54, 1.807) is 28.6 Å². The summed E-state index contributed by atoms with van der Waals surface area (Å²) in [6.07, 6.45) is 4.95. The van der Waals surface area contributed by atoms with E-state index in [0.717, 1.165) is 12.8 Å². The summed E-state index contributed by atoms with van der Waals surface area (Å²) in [6, 6.07) is 6.40. The topological polar surface area (TPSA) is 139 Å². The molecule has 6 heterocycles. The molecule has 0 bridgehead atoms. The van der Waals surface area contributed by atoms with Crippen LogP contribution < -0.4 is 15.4 Å². The predicted octanol–water partition coefficient (Wildman–Crippen LogP) is 4.48. The number of nitrogens with zero attached hydrogens (tertiary/aromatic N) is 8. The van der Waals surface area contributed by atoms with Crippen molar-refractivity contribution in [2.24, 2.45) is 7.05 Å². The van der Waals surface area contributed by atoms with Crippen LogP contribution in [-0.4, -0.2) is 53.3 Å². The van der Waals surface area contributed by atoms with Gasteiger partial charge in [-0.1, -0.05) is 0 Å². The number of alkyl halides is 2. The summed E-state index contributed by atoms with van der Waals surface area (Å²) in [4.78, 5) is 27.1. The molecule has 39 heavy (non-hydrogen) atoms. The standard InChI is InChI=1S/C25H24F2N10O2/c1-35-21-16(13-28)17(39-15-5-7-29-19(11-15)32-24(38)36-8-2-3-9-36)14-30-22(21)33-23(35)31-20-12-18-25(26,27)6-4-10-37(18)34-20/h5,7,11-12,14H,2-4,6,8-10H2,1H3,(H,29,32,38)(H,30,31,33,34). The minimum absolute atomic E-state index is 0.144. The third kappa shape index (κ3) is 4.56. The quantitative estimate of drug-likeness (QED) is 0.382. The van der Waals surface area contributed by atoms with Gasteiger partial charge in [0.05, 0.1) is 6.20 Å². The monoisotopic (exact) mass is 534 g/mol. The number of urea groups is 1. The average Bonchev–Trinajstić information content (AvgIpc) is 3.65. The molecule has 0 unspecified atom stereocenters. The van der Waals surface area contributed by atoms with Gasteiger partial charge in [0.25, 0.3) is 5.92 Å². The summed E-state index contributed by atoms with van der Waals surface area (Å²) in [5.74, 6) is -1.59. The number of rotatable bonds is 5. The smallest absolute Gasteiger partial charge is 0.323 e. The fourth-order valence-electron chi connectivity index (χ4n) is 4.87. The van der Waals surface area contributed by atoms with Crippen LogP contribution in [0.15, 0.2) is 30.6 Å². The number of carbonyl (C=O) groups excluding carboxylic acids is 1. The van der Waals surface area contributed by atoms with E-state index in [1.807, 2.05) is 0 Å². The van der Waals surface area contributed by atoms with Gasteiger partial charge >= 0.3 is 6.03 Å². The number of anilines is 3. The number of carbonyl (C=O) groups is 1. The Bertz CT molecular complexity index is 1620. The Morgan fingerprint density at radius 1 is 1.15 bits per heavy atom. The fraction of sp³-hybridized carbons (Fsp3) is 0.360. The maximum absolute atomic E-state index is 14.3. The molecule has 2 aliphatic rings.